The van der Waals surface area contributed by atoms with E-state index in [1.165, 1.54) is 24.0 Å². The third-order valence-electron chi connectivity index (χ3n) is 3.50. The summed E-state index contributed by atoms with van der Waals surface area (Å²) in [4.78, 5) is 0. The summed E-state index contributed by atoms with van der Waals surface area (Å²) in [7, 11) is 0. The lowest BCUT2D eigenvalue weighted by molar-refractivity contribution is 0.631. The van der Waals surface area contributed by atoms with Crippen LogP contribution in [-0.2, 0) is 6.54 Å². The lowest BCUT2D eigenvalue weighted by Crippen LogP contribution is -2.11. The van der Waals surface area contributed by atoms with Crippen LogP contribution in [-0.4, -0.2) is 4.57 Å². The van der Waals surface area contributed by atoms with Gasteiger partial charge in [-0.3, -0.25) is 0 Å². The zero-order valence-electron chi connectivity index (χ0n) is 9.92. The SMILES string of the molecule is NC(c1ccn(Cc2ccccc2)c1)C1CC1. The van der Waals surface area contributed by atoms with Gasteiger partial charge in [-0.25, -0.2) is 0 Å². The van der Waals surface area contributed by atoms with Gasteiger partial charge in [-0.1, -0.05) is 30.3 Å². The lowest BCUT2D eigenvalue weighted by atomic mass is 10.1. The highest BCUT2D eigenvalue weighted by molar-refractivity contribution is 5.20. The fourth-order valence-electron chi connectivity index (χ4n) is 2.28. The molecular formula is C15H18N2. The number of aromatic nitrogens is 1. The normalized spacial score (nSPS) is 17.0. The summed E-state index contributed by atoms with van der Waals surface area (Å²) in [5, 5.41) is 0. The minimum Gasteiger partial charge on any atom is -0.350 e. The Hall–Kier alpha value is -1.54. The Morgan fingerprint density at radius 2 is 1.94 bits per heavy atom. The van der Waals surface area contributed by atoms with Crippen LogP contribution >= 0.6 is 0 Å². The van der Waals surface area contributed by atoms with Crippen LogP contribution in [0.2, 0.25) is 0 Å². The molecule has 0 radical (unpaired) electrons. The summed E-state index contributed by atoms with van der Waals surface area (Å²) in [5.74, 6) is 0.725. The Morgan fingerprint density at radius 1 is 1.18 bits per heavy atom. The monoisotopic (exact) mass is 226 g/mol. The topological polar surface area (TPSA) is 30.9 Å². The van der Waals surface area contributed by atoms with Crippen molar-refractivity contribution in [3.63, 3.8) is 0 Å². The van der Waals surface area contributed by atoms with Gasteiger partial charge in [-0.15, -0.1) is 0 Å². The van der Waals surface area contributed by atoms with E-state index in [1.54, 1.807) is 0 Å². The van der Waals surface area contributed by atoms with E-state index in [0.717, 1.165) is 12.5 Å². The first-order valence-electron chi connectivity index (χ1n) is 6.28. The third-order valence-corrected chi connectivity index (χ3v) is 3.50. The predicted octanol–water partition coefficient (Wildman–Crippen LogP) is 2.95. The second-order valence-corrected chi connectivity index (χ2v) is 4.97. The van der Waals surface area contributed by atoms with Crippen molar-refractivity contribution in [3.05, 3.63) is 59.9 Å². The van der Waals surface area contributed by atoms with Crippen molar-refractivity contribution in [1.82, 2.24) is 4.57 Å². The molecule has 2 nitrogen and oxygen atoms in total. The number of rotatable bonds is 4. The minimum atomic E-state index is 0.243. The molecule has 0 amide bonds. The van der Waals surface area contributed by atoms with E-state index in [1.807, 2.05) is 6.07 Å². The highest BCUT2D eigenvalue weighted by atomic mass is 14.9. The fraction of sp³-hybridized carbons (Fsp3) is 0.333. The molecule has 1 saturated carbocycles. The first kappa shape index (κ1) is 10.6. The molecule has 17 heavy (non-hydrogen) atoms. The molecule has 0 spiro atoms. The van der Waals surface area contributed by atoms with Crippen molar-refractivity contribution in [3.8, 4) is 0 Å². The number of benzene rings is 1. The van der Waals surface area contributed by atoms with E-state index in [2.05, 4.69) is 47.3 Å². The molecular weight excluding hydrogens is 208 g/mol. The molecule has 3 rings (SSSR count). The Morgan fingerprint density at radius 3 is 2.65 bits per heavy atom. The molecule has 1 aliphatic carbocycles. The van der Waals surface area contributed by atoms with E-state index in [4.69, 9.17) is 5.73 Å². The molecule has 2 aromatic rings. The molecule has 2 heteroatoms. The van der Waals surface area contributed by atoms with Crippen LogP contribution in [0, 0.1) is 5.92 Å². The number of hydrogen-bond acceptors (Lipinski definition) is 1. The summed E-state index contributed by atoms with van der Waals surface area (Å²) in [6.07, 6.45) is 6.91. The summed E-state index contributed by atoms with van der Waals surface area (Å²) in [6, 6.07) is 12.9. The van der Waals surface area contributed by atoms with Gasteiger partial charge < -0.3 is 10.3 Å². The standard InChI is InChI=1S/C15H18N2/c16-15(13-6-7-13)14-8-9-17(11-14)10-12-4-2-1-3-5-12/h1-5,8-9,11,13,15H,6-7,10,16H2. The van der Waals surface area contributed by atoms with Crippen LogP contribution in [0.5, 0.6) is 0 Å². The second kappa shape index (κ2) is 4.38. The summed E-state index contributed by atoms with van der Waals surface area (Å²) in [6.45, 7) is 0.929. The molecule has 0 saturated heterocycles. The zero-order chi connectivity index (χ0) is 11.7. The highest BCUT2D eigenvalue weighted by Crippen LogP contribution is 2.39. The van der Waals surface area contributed by atoms with Crippen molar-refractivity contribution in [2.75, 3.05) is 0 Å². The minimum absolute atomic E-state index is 0.243. The second-order valence-electron chi connectivity index (χ2n) is 4.97. The van der Waals surface area contributed by atoms with Crippen LogP contribution in [0.15, 0.2) is 48.8 Å². The van der Waals surface area contributed by atoms with E-state index >= 15 is 0 Å². The van der Waals surface area contributed by atoms with E-state index in [9.17, 15) is 0 Å². The Kier molecular flexibility index (Phi) is 2.73. The lowest BCUT2D eigenvalue weighted by Gasteiger charge is -2.07. The van der Waals surface area contributed by atoms with Crippen molar-refractivity contribution in [2.45, 2.75) is 25.4 Å². The Bertz CT molecular complexity index is 483. The Labute approximate surface area is 102 Å². The quantitative estimate of drug-likeness (QED) is 0.853. The third kappa shape index (κ3) is 2.42. The maximum absolute atomic E-state index is 6.19. The molecule has 1 aromatic heterocycles. The predicted molar refractivity (Wildman–Crippen MR) is 69.6 cm³/mol. The van der Waals surface area contributed by atoms with Crippen LogP contribution in [0.3, 0.4) is 0 Å². The molecule has 1 aliphatic rings. The Balaban J connectivity index is 1.72. The number of hydrogen-bond donors (Lipinski definition) is 1. The maximum Gasteiger partial charge on any atom is 0.0470 e. The van der Waals surface area contributed by atoms with Gasteiger partial charge in [0.25, 0.3) is 0 Å². The van der Waals surface area contributed by atoms with Gasteiger partial charge in [-0.05, 0) is 36.0 Å². The molecule has 1 aromatic carbocycles. The molecule has 1 heterocycles. The van der Waals surface area contributed by atoms with Crippen LogP contribution in [0.4, 0.5) is 0 Å². The van der Waals surface area contributed by atoms with E-state index < -0.39 is 0 Å². The van der Waals surface area contributed by atoms with Crippen LogP contribution < -0.4 is 5.73 Å². The first-order chi connectivity index (χ1) is 8.33. The number of nitrogens with zero attached hydrogens (tertiary/aromatic N) is 1. The van der Waals surface area contributed by atoms with Gasteiger partial charge >= 0.3 is 0 Å². The molecule has 1 unspecified atom stereocenters. The van der Waals surface area contributed by atoms with Crippen LogP contribution in [0.1, 0.15) is 30.0 Å². The van der Waals surface area contributed by atoms with Crippen molar-refractivity contribution >= 4 is 0 Å². The van der Waals surface area contributed by atoms with E-state index in [0.29, 0.717) is 0 Å². The summed E-state index contributed by atoms with van der Waals surface area (Å²) >= 11 is 0. The summed E-state index contributed by atoms with van der Waals surface area (Å²) < 4.78 is 2.22. The molecule has 1 atom stereocenters. The van der Waals surface area contributed by atoms with Gasteiger partial charge in [-0.2, -0.15) is 0 Å². The maximum atomic E-state index is 6.19. The van der Waals surface area contributed by atoms with Gasteiger partial charge in [0, 0.05) is 25.0 Å². The molecule has 2 N–H and O–H groups in total. The van der Waals surface area contributed by atoms with Crippen LogP contribution in [0.25, 0.3) is 0 Å². The molecule has 1 fully saturated rings. The zero-order valence-corrected chi connectivity index (χ0v) is 9.92. The van der Waals surface area contributed by atoms with Gasteiger partial charge in [0.05, 0.1) is 0 Å². The van der Waals surface area contributed by atoms with E-state index in [-0.39, 0.29) is 6.04 Å². The van der Waals surface area contributed by atoms with Gasteiger partial charge in [0.1, 0.15) is 0 Å². The smallest absolute Gasteiger partial charge is 0.0470 e. The largest absolute Gasteiger partial charge is 0.350 e. The first-order valence-corrected chi connectivity index (χ1v) is 6.28. The van der Waals surface area contributed by atoms with Crippen molar-refractivity contribution < 1.29 is 0 Å². The average molecular weight is 226 g/mol. The van der Waals surface area contributed by atoms with Gasteiger partial charge in [0.15, 0.2) is 0 Å². The summed E-state index contributed by atoms with van der Waals surface area (Å²) in [5.41, 5.74) is 8.80. The van der Waals surface area contributed by atoms with Crippen molar-refractivity contribution in [1.29, 1.82) is 0 Å². The molecule has 0 aliphatic heterocycles. The number of nitrogens with two attached hydrogens (primary N) is 1. The molecule has 88 valence electrons. The van der Waals surface area contributed by atoms with Crippen molar-refractivity contribution in [2.24, 2.45) is 11.7 Å². The van der Waals surface area contributed by atoms with Gasteiger partial charge in [0.2, 0.25) is 0 Å². The average Bonchev–Trinajstić information content (AvgIpc) is 3.11. The molecule has 0 bridgehead atoms. The fourth-order valence-corrected chi connectivity index (χ4v) is 2.28. The highest BCUT2D eigenvalue weighted by Gasteiger charge is 2.29.